The van der Waals surface area contributed by atoms with Crippen molar-refractivity contribution in [2.75, 3.05) is 24.4 Å². The van der Waals surface area contributed by atoms with Crippen molar-refractivity contribution in [3.63, 3.8) is 0 Å². The summed E-state index contributed by atoms with van der Waals surface area (Å²) in [5.41, 5.74) is 5.68. The molecule has 0 amide bonds. The van der Waals surface area contributed by atoms with Crippen LogP contribution in [0.1, 0.15) is 0 Å². The second-order valence-electron chi connectivity index (χ2n) is 3.17. The largest absolute Gasteiger partial charge is 0.508 e. The standard InChI is InChI=1S/C9H15N3O3S/c1-12(16(14,15)11-7-6-10)8-2-4-9(13)5-3-8/h2-5,11,13H,6-7,10H2,1H3. The Labute approximate surface area is 94.9 Å². The van der Waals surface area contributed by atoms with Gasteiger partial charge in [0.05, 0.1) is 5.69 Å². The van der Waals surface area contributed by atoms with Crippen LogP contribution in [0.25, 0.3) is 0 Å². The van der Waals surface area contributed by atoms with Crippen LogP contribution in [0.2, 0.25) is 0 Å². The number of hydrogen-bond donors (Lipinski definition) is 3. The van der Waals surface area contributed by atoms with Gasteiger partial charge in [-0.3, -0.25) is 4.31 Å². The van der Waals surface area contributed by atoms with E-state index >= 15 is 0 Å². The summed E-state index contributed by atoms with van der Waals surface area (Å²) in [6.45, 7) is 0.424. The van der Waals surface area contributed by atoms with E-state index in [4.69, 9.17) is 10.8 Å². The maximum Gasteiger partial charge on any atom is 0.301 e. The van der Waals surface area contributed by atoms with Crippen molar-refractivity contribution in [2.24, 2.45) is 5.73 Å². The van der Waals surface area contributed by atoms with Gasteiger partial charge in [-0.25, -0.2) is 0 Å². The lowest BCUT2D eigenvalue weighted by Gasteiger charge is -2.19. The average Bonchev–Trinajstić information content (AvgIpc) is 2.26. The molecule has 0 bridgehead atoms. The molecule has 0 atom stereocenters. The summed E-state index contributed by atoms with van der Waals surface area (Å²) in [6.07, 6.45) is 0. The van der Waals surface area contributed by atoms with Crippen LogP contribution in [0.5, 0.6) is 5.75 Å². The minimum absolute atomic E-state index is 0.0875. The van der Waals surface area contributed by atoms with Crippen molar-refractivity contribution in [1.82, 2.24) is 4.72 Å². The van der Waals surface area contributed by atoms with Gasteiger partial charge in [-0.1, -0.05) is 0 Å². The van der Waals surface area contributed by atoms with Gasteiger partial charge in [0.1, 0.15) is 5.75 Å². The number of nitrogens with one attached hydrogen (secondary N) is 1. The molecule has 90 valence electrons. The predicted octanol–water partition coefficient (Wildman–Crippen LogP) is -0.379. The van der Waals surface area contributed by atoms with Crippen LogP contribution >= 0.6 is 0 Å². The van der Waals surface area contributed by atoms with Crippen molar-refractivity contribution < 1.29 is 13.5 Å². The zero-order valence-corrected chi connectivity index (χ0v) is 9.74. The fourth-order valence-corrected chi connectivity index (χ4v) is 2.05. The van der Waals surface area contributed by atoms with E-state index in [1.165, 1.54) is 31.3 Å². The molecule has 0 saturated heterocycles. The third kappa shape index (κ3) is 3.09. The van der Waals surface area contributed by atoms with E-state index in [0.717, 1.165) is 4.31 Å². The summed E-state index contributed by atoms with van der Waals surface area (Å²) in [5.74, 6) is 0.0875. The molecule has 16 heavy (non-hydrogen) atoms. The van der Waals surface area contributed by atoms with E-state index in [1.54, 1.807) is 0 Å². The maximum atomic E-state index is 11.7. The zero-order chi connectivity index (χ0) is 12.2. The topological polar surface area (TPSA) is 95.7 Å². The molecule has 0 fully saturated rings. The van der Waals surface area contributed by atoms with Crippen LogP contribution in [0.3, 0.4) is 0 Å². The van der Waals surface area contributed by atoms with Gasteiger partial charge >= 0.3 is 10.2 Å². The highest BCUT2D eigenvalue weighted by Gasteiger charge is 2.16. The summed E-state index contributed by atoms with van der Waals surface area (Å²) in [6, 6.07) is 5.86. The minimum atomic E-state index is -3.57. The van der Waals surface area contributed by atoms with Crippen LogP contribution < -0.4 is 14.8 Å². The van der Waals surface area contributed by atoms with Gasteiger partial charge in [0.25, 0.3) is 0 Å². The van der Waals surface area contributed by atoms with E-state index < -0.39 is 10.2 Å². The molecule has 7 heteroatoms. The van der Waals surface area contributed by atoms with Crippen LogP contribution in [0.4, 0.5) is 5.69 Å². The number of benzene rings is 1. The number of nitrogens with two attached hydrogens (primary N) is 1. The van der Waals surface area contributed by atoms with E-state index in [2.05, 4.69) is 4.72 Å². The molecule has 0 aromatic heterocycles. The van der Waals surface area contributed by atoms with E-state index in [9.17, 15) is 8.42 Å². The van der Waals surface area contributed by atoms with Crippen molar-refractivity contribution in [1.29, 1.82) is 0 Å². The summed E-state index contributed by atoms with van der Waals surface area (Å²) < 4.78 is 26.8. The number of anilines is 1. The van der Waals surface area contributed by atoms with Crippen LogP contribution in [-0.4, -0.2) is 33.7 Å². The molecule has 0 spiro atoms. The van der Waals surface area contributed by atoms with Gasteiger partial charge in [0.2, 0.25) is 0 Å². The van der Waals surface area contributed by atoms with E-state index in [-0.39, 0.29) is 18.8 Å². The summed E-state index contributed by atoms with van der Waals surface area (Å²) in [4.78, 5) is 0. The molecule has 0 radical (unpaired) electrons. The number of phenolic OH excluding ortho intramolecular Hbond substituents is 1. The lowest BCUT2D eigenvalue weighted by molar-refractivity contribution is 0.475. The fraction of sp³-hybridized carbons (Fsp3) is 0.333. The average molecular weight is 245 g/mol. The molecule has 0 aliphatic heterocycles. The Morgan fingerprint density at radius 1 is 1.38 bits per heavy atom. The van der Waals surface area contributed by atoms with E-state index in [1.807, 2.05) is 0 Å². The van der Waals surface area contributed by atoms with Crippen LogP contribution in [0.15, 0.2) is 24.3 Å². The first-order valence-corrected chi connectivity index (χ1v) is 6.14. The zero-order valence-electron chi connectivity index (χ0n) is 8.92. The normalized spacial score (nSPS) is 11.4. The van der Waals surface area contributed by atoms with Crippen LogP contribution in [-0.2, 0) is 10.2 Å². The third-order valence-corrected chi connectivity index (χ3v) is 3.50. The molecule has 0 aliphatic rings. The molecular weight excluding hydrogens is 230 g/mol. The Balaban J connectivity index is 2.84. The maximum absolute atomic E-state index is 11.7. The summed E-state index contributed by atoms with van der Waals surface area (Å²) in [5, 5.41) is 9.08. The number of hydrogen-bond acceptors (Lipinski definition) is 4. The van der Waals surface area contributed by atoms with Crippen molar-refractivity contribution >= 4 is 15.9 Å². The Kier molecular flexibility index (Phi) is 4.11. The Bertz CT molecular complexity index is 430. The SMILES string of the molecule is CN(c1ccc(O)cc1)S(=O)(=O)NCCN. The molecule has 0 unspecified atom stereocenters. The van der Waals surface area contributed by atoms with Gasteiger partial charge in [0, 0.05) is 20.1 Å². The molecule has 0 aliphatic carbocycles. The summed E-state index contributed by atoms with van der Waals surface area (Å²) >= 11 is 0. The predicted molar refractivity (Wildman–Crippen MR) is 62.5 cm³/mol. The highest BCUT2D eigenvalue weighted by molar-refractivity contribution is 7.90. The molecule has 6 nitrogen and oxygen atoms in total. The molecule has 1 rings (SSSR count). The van der Waals surface area contributed by atoms with Gasteiger partial charge in [0.15, 0.2) is 0 Å². The number of nitrogens with zero attached hydrogens (tertiary/aromatic N) is 1. The Morgan fingerprint density at radius 2 is 1.94 bits per heavy atom. The van der Waals surface area contributed by atoms with Crippen LogP contribution in [0, 0.1) is 0 Å². The quantitative estimate of drug-likeness (QED) is 0.659. The smallest absolute Gasteiger partial charge is 0.301 e. The fourth-order valence-electron chi connectivity index (χ4n) is 1.09. The van der Waals surface area contributed by atoms with Gasteiger partial charge < -0.3 is 10.8 Å². The lowest BCUT2D eigenvalue weighted by Crippen LogP contribution is -2.40. The first kappa shape index (κ1) is 12.8. The second kappa shape index (κ2) is 5.15. The second-order valence-corrected chi connectivity index (χ2v) is 4.96. The molecular formula is C9H15N3O3S. The van der Waals surface area contributed by atoms with Crippen molar-refractivity contribution in [2.45, 2.75) is 0 Å². The number of phenols is 1. The Hall–Kier alpha value is -1.31. The van der Waals surface area contributed by atoms with Crippen molar-refractivity contribution in [3.05, 3.63) is 24.3 Å². The highest BCUT2D eigenvalue weighted by atomic mass is 32.2. The first-order chi connectivity index (χ1) is 7.47. The third-order valence-electron chi connectivity index (χ3n) is 2.00. The first-order valence-electron chi connectivity index (χ1n) is 4.70. The van der Waals surface area contributed by atoms with Gasteiger partial charge in [-0.05, 0) is 24.3 Å². The molecule has 1 aromatic carbocycles. The number of rotatable bonds is 5. The lowest BCUT2D eigenvalue weighted by atomic mass is 10.3. The Morgan fingerprint density at radius 3 is 2.44 bits per heavy atom. The monoisotopic (exact) mass is 245 g/mol. The summed E-state index contributed by atoms with van der Waals surface area (Å²) in [7, 11) is -2.14. The van der Waals surface area contributed by atoms with E-state index in [0.29, 0.717) is 5.69 Å². The molecule has 0 heterocycles. The molecule has 0 saturated carbocycles. The molecule has 1 aromatic rings. The van der Waals surface area contributed by atoms with Gasteiger partial charge in [-0.2, -0.15) is 13.1 Å². The van der Waals surface area contributed by atoms with Gasteiger partial charge in [-0.15, -0.1) is 0 Å². The molecule has 4 N–H and O–H groups in total. The number of aromatic hydroxyl groups is 1. The van der Waals surface area contributed by atoms with Crippen molar-refractivity contribution in [3.8, 4) is 5.75 Å². The highest BCUT2D eigenvalue weighted by Crippen LogP contribution is 2.18. The minimum Gasteiger partial charge on any atom is -0.508 e.